The molecule has 0 saturated heterocycles. The molecule has 144 valence electrons. The van der Waals surface area contributed by atoms with Crippen LogP contribution in [0, 0.1) is 0 Å². The number of hydrogen-bond donors (Lipinski definition) is 1. The third-order valence-electron chi connectivity index (χ3n) is 5.16. The van der Waals surface area contributed by atoms with Gasteiger partial charge in [0.25, 0.3) is 0 Å². The van der Waals surface area contributed by atoms with E-state index >= 15 is 0 Å². The van der Waals surface area contributed by atoms with Gasteiger partial charge < -0.3 is 10.1 Å². The number of rotatable bonds is 8. The SMILES string of the molecule is COC(=O)CCN(CC(=O)NC(C)c1ccc2c(c1)CCCC2)C(C)C. The number of aryl methyl sites for hydroxylation is 2. The Morgan fingerprint density at radius 2 is 1.85 bits per heavy atom. The zero-order chi connectivity index (χ0) is 19.1. The molecule has 1 amide bonds. The summed E-state index contributed by atoms with van der Waals surface area (Å²) in [5, 5.41) is 3.09. The third kappa shape index (κ3) is 5.84. The average molecular weight is 360 g/mol. The van der Waals surface area contributed by atoms with Crippen molar-refractivity contribution in [1.82, 2.24) is 10.2 Å². The molecule has 5 nitrogen and oxygen atoms in total. The lowest BCUT2D eigenvalue weighted by Gasteiger charge is -2.26. The smallest absolute Gasteiger partial charge is 0.306 e. The number of benzene rings is 1. The Morgan fingerprint density at radius 1 is 1.15 bits per heavy atom. The van der Waals surface area contributed by atoms with E-state index in [1.165, 1.54) is 37.5 Å². The first-order chi connectivity index (χ1) is 12.4. The summed E-state index contributed by atoms with van der Waals surface area (Å²) in [7, 11) is 1.38. The topological polar surface area (TPSA) is 58.6 Å². The van der Waals surface area contributed by atoms with E-state index in [9.17, 15) is 9.59 Å². The van der Waals surface area contributed by atoms with Gasteiger partial charge in [0, 0.05) is 12.6 Å². The summed E-state index contributed by atoms with van der Waals surface area (Å²) in [6.45, 7) is 6.88. The molecule has 26 heavy (non-hydrogen) atoms. The van der Waals surface area contributed by atoms with E-state index < -0.39 is 0 Å². The van der Waals surface area contributed by atoms with Crippen molar-refractivity contribution in [2.24, 2.45) is 0 Å². The Hall–Kier alpha value is -1.88. The van der Waals surface area contributed by atoms with Crippen molar-refractivity contribution in [2.45, 2.75) is 65.0 Å². The molecule has 0 heterocycles. The number of nitrogens with zero attached hydrogens (tertiary/aromatic N) is 1. The number of carbonyl (C=O) groups excluding carboxylic acids is 2. The number of nitrogens with one attached hydrogen (secondary N) is 1. The zero-order valence-corrected chi connectivity index (χ0v) is 16.5. The van der Waals surface area contributed by atoms with Crippen molar-refractivity contribution in [3.63, 3.8) is 0 Å². The van der Waals surface area contributed by atoms with E-state index in [-0.39, 0.29) is 30.5 Å². The molecule has 0 fully saturated rings. The van der Waals surface area contributed by atoms with Gasteiger partial charge in [-0.05, 0) is 63.1 Å². The van der Waals surface area contributed by atoms with Crippen molar-refractivity contribution in [1.29, 1.82) is 0 Å². The van der Waals surface area contributed by atoms with Crippen LogP contribution in [0.1, 0.15) is 62.8 Å². The van der Waals surface area contributed by atoms with Crippen LogP contribution in [-0.2, 0) is 27.2 Å². The Labute approximate surface area is 157 Å². The van der Waals surface area contributed by atoms with Crippen LogP contribution in [0.25, 0.3) is 0 Å². The first-order valence-corrected chi connectivity index (χ1v) is 9.62. The number of carbonyl (C=O) groups is 2. The Balaban J connectivity index is 1.91. The molecule has 1 aliphatic rings. The molecule has 1 N–H and O–H groups in total. The standard InChI is InChI=1S/C21H32N2O3/c1-15(2)23(12-11-21(25)26-4)14-20(24)22-16(3)18-10-9-17-7-5-6-8-19(17)13-18/h9-10,13,15-16H,5-8,11-12,14H2,1-4H3,(H,22,24). The minimum Gasteiger partial charge on any atom is -0.469 e. The van der Waals surface area contributed by atoms with E-state index in [0.29, 0.717) is 13.0 Å². The van der Waals surface area contributed by atoms with E-state index in [1.54, 1.807) is 0 Å². The van der Waals surface area contributed by atoms with Crippen LogP contribution < -0.4 is 5.32 Å². The largest absolute Gasteiger partial charge is 0.469 e. The lowest BCUT2D eigenvalue weighted by molar-refractivity contribution is -0.141. The summed E-state index contributed by atoms with van der Waals surface area (Å²) >= 11 is 0. The third-order valence-corrected chi connectivity index (χ3v) is 5.16. The van der Waals surface area contributed by atoms with Crippen molar-refractivity contribution in [2.75, 3.05) is 20.2 Å². The van der Waals surface area contributed by atoms with Crippen LogP contribution in [-0.4, -0.2) is 43.0 Å². The van der Waals surface area contributed by atoms with Crippen LogP contribution in [0.5, 0.6) is 0 Å². The fourth-order valence-corrected chi connectivity index (χ4v) is 3.43. The highest BCUT2D eigenvalue weighted by atomic mass is 16.5. The van der Waals surface area contributed by atoms with E-state index in [4.69, 9.17) is 0 Å². The predicted molar refractivity (Wildman–Crippen MR) is 103 cm³/mol. The molecule has 1 atom stereocenters. The number of methoxy groups -OCH3 is 1. The lowest BCUT2D eigenvalue weighted by Crippen LogP contribution is -2.42. The maximum absolute atomic E-state index is 12.5. The highest BCUT2D eigenvalue weighted by molar-refractivity contribution is 5.78. The molecule has 1 unspecified atom stereocenters. The maximum atomic E-state index is 12.5. The molecule has 0 saturated carbocycles. The molecule has 0 bridgehead atoms. The van der Waals surface area contributed by atoms with Gasteiger partial charge in [0.2, 0.25) is 5.91 Å². The normalized spacial score (nSPS) is 14.8. The molecule has 0 radical (unpaired) electrons. The van der Waals surface area contributed by atoms with Crippen molar-refractivity contribution >= 4 is 11.9 Å². The van der Waals surface area contributed by atoms with Crippen molar-refractivity contribution in [3.05, 3.63) is 34.9 Å². The molecule has 0 spiro atoms. The molecule has 0 aromatic heterocycles. The molecule has 5 heteroatoms. The van der Waals surface area contributed by atoms with Gasteiger partial charge in [-0.1, -0.05) is 18.2 Å². The number of hydrogen-bond acceptors (Lipinski definition) is 4. The zero-order valence-electron chi connectivity index (χ0n) is 16.5. The lowest BCUT2D eigenvalue weighted by atomic mass is 9.89. The van der Waals surface area contributed by atoms with Crippen molar-refractivity contribution in [3.8, 4) is 0 Å². The number of fused-ring (bicyclic) bond motifs is 1. The minimum atomic E-state index is -0.251. The monoisotopic (exact) mass is 360 g/mol. The number of esters is 1. The fraction of sp³-hybridized carbons (Fsp3) is 0.619. The van der Waals surface area contributed by atoms with Crippen molar-refractivity contribution < 1.29 is 14.3 Å². The first kappa shape index (κ1) is 20.4. The molecule has 1 aromatic carbocycles. The van der Waals surface area contributed by atoms with Gasteiger partial charge >= 0.3 is 5.97 Å². The molecular formula is C21H32N2O3. The van der Waals surface area contributed by atoms with Gasteiger partial charge in [0.05, 0.1) is 26.1 Å². The molecule has 1 aliphatic carbocycles. The second-order valence-corrected chi connectivity index (χ2v) is 7.41. The Morgan fingerprint density at radius 3 is 2.50 bits per heavy atom. The highest BCUT2D eigenvalue weighted by Gasteiger charge is 2.18. The van der Waals surface area contributed by atoms with Gasteiger partial charge in [-0.15, -0.1) is 0 Å². The van der Waals surface area contributed by atoms with Crippen LogP contribution in [0.15, 0.2) is 18.2 Å². The number of amides is 1. The van der Waals surface area contributed by atoms with Gasteiger partial charge in [-0.25, -0.2) is 0 Å². The Bertz CT molecular complexity index is 628. The minimum absolute atomic E-state index is 0.0196. The highest BCUT2D eigenvalue weighted by Crippen LogP contribution is 2.24. The van der Waals surface area contributed by atoms with Gasteiger partial charge in [0.1, 0.15) is 0 Å². The summed E-state index contributed by atoms with van der Waals surface area (Å²) in [5.41, 5.74) is 4.04. The molecule has 2 rings (SSSR count). The quantitative estimate of drug-likeness (QED) is 0.724. The van der Waals surface area contributed by atoms with Crippen LogP contribution in [0.3, 0.4) is 0 Å². The summed E-state index contributed by atoms with van der Waals surface area (Å²) < 4.78 is 4.69. The second kappa shape index (κ2) is 9.72. The molecule has 1 aromatic rings. The molecular weight excluding hydrogens is 328 g/mol. The predicted octanol–water partition coefficient (Wildman–Crippen LogP) is 3.02. The van der Waals surface area contributed by atoms with E-state index in [1.807, 2.05) is 25.7 Å². The van der Waals surface area contributed by atoms with Crippen LogP contribution in [0.4, 0.5) is 0 Å². The number of ether oxygens (including phenoxy) is 1. The van der Waals surface area contributed by atoms with E-state index in [2.05, 4.69) is 28.3 Å². The summed E-state index contributed by atoms with van der Waals surface area (Å²) in [5.74, 6) is -0.271. The van der Waals surface area contributed by atoms with Gasteiger partial charge in [-0.2, -0.15) is 0 Å². The summed E-state index contributed by atoms with van der Waals surface area (Å²) in [6.07, 6.45) is 5.12. The second-order valence-electron chi connectivity index (χ2n) is 7.41. The first-order valence-electron chi connectivity index (χ1n) is 9.62. The van der Waals surface area contributed by atoms with Gasteiger partial charge in [-0.3, -0.25) is 14.5 Å². The fourth-order valence-electron chi connectivity index (χ4n) is 3.43. The summed E-state index contributed by atoms with van der Waals surface area (Å²) in [4.78, 5) is 25.8. The van der Waals surface area contributed by atoms with E-state index in [0.717, 1.165) is 12.0 Å². The Kier molecular flexibility index (Phi) is 7.64. The van der Waals surface area contributed by atoms with Crippen LogP contribution in [0.2, 0.25) is 0 Å². The molecule has 0 aliphatic heterocycles. The summed E-state index contributed by atoms with van der Waals surface area (Å²) in [6, 6.07) is 6.75. The average Bonchev–Trinajstić information content (AvgIpc) is 2.63. The van der Waals surface area contributed by atoms with Gasteiger partial charge in [0.15, 0.2) is 0 Å². The van der Waals surface area contributed by atoms with Crippen LogP contribution >= 0.6 is 0 Å². The maximum Gasteiger partial charge on any atom is 0.306 e.